The highest BCUT2D eigenvalue weighted by Crippen LogP contribution is 2.25. The SMILES string of the molecule is O=C(Nc1c(F)cccc1F)C1CCc2n[nH]nc2C1. The third-order valence-electron chi connectivity index (χ3n) is 3.45. The minimum absolute atomic E-state index is 0.355. The number of benzene rings is 1. The van der Waals surface area contributed by atoms with Crippen molar-refractivity contribution in [2.75, 3.05) is 5.32 Å². The van der Waals surface area contributed by atoms with Gasteiger partial charge in [-0.05, 0) is 25.0 Å². The first-order valence-electron chi connectivity index (χ1n) is 6.28. The quantitative estimate of drug-likeness (QED) is 0.880. The van der Waals surface area contributed by atoms with Crippen LogP contribution in [0.2, 0.25) is 0 Å². The Balaban J connectivity index is 1.75. The fourth-order valence-electron chi connectivity index (χ4n) is 2.35. The summed E-state index contributed by atoms with van der Waals surface area (Å²) < 4.78 is 27.0. The standard InChI is InChI=1S/C13H12F2N4O/c14-8-2-1-3-9(15)12(8)16-13(20)7-4-5-10-11(6-7)18-19-17-10/h1-3,7H,4-6H2,(H,16,20)(H,17,18,19). The van der Waals surface area contributed by atoms with E-state index in [0.29, 0.717) is 19.3 Å². The zero-order valence-corrected chi connectivity index (χ0v) is 10.5. The molecule has 1 amide bonds. The van der Waals surface area contributed by atoms with Crippen LogP contribution < -0.4 is 5.32 Å². The van der Waals surface area contributed by atoms with E-state index in [1.165, 1.54) is 6.07 Å². The third kappa shape index (κ3) is 2.26. The van der Waals surface area contributed by atoms with Gasteiger partial charge in [-0.3, -0.25) is 4.79 Å². The number of hydrogen-bond donors (Lipinski definition) is 2. The van der Waals surface area contributed by atoms with Gasteiger partial charge in [0.25, 0.3) is 0 Å². The summed E-state index contributed by atoms with van der Waals surface area (Å²) >= 11 is 0. The van der Waals surface area contributed by atoms with Crippen molar-refractivity contribution in [2.24, 2.45) is 5.92 Å². The van der Waals surface area contributed by atoms with Gasteiger partial charge < -0.3 is 5.32 Å². The molecule has 0 radical (unpaired) electrons. The second-order valence-electron chi connectivity index (χ2n) is 4.74. The summed E-state index contributed by atoms with van der Waals surface area (Å²) in [5, 5.41) is 12.8. The normalized spacial score (nSPS) is 17.6. The van der Waals surface area contributed by atoms with Crippen molar-refractivity contribution in [3.8, 4) is 0 Å². The molecule has 1 aliphatic carbocycles. The van der Waals surface area contributed by atoms with E-state index >= 15 is 0 Å². The molecule has 1 heterocycles. The van der Waals surface area contributed by atoms with Crippen molar-refractivity contribution >= 4 is 11.6 Å². The van der Waals surface area contributed by atoms with E-state index in [9.17, 15) is 13.6 Å². The van der Waals surface area contributed by atoms with E-state index < -0.39 is 23.2 Å². The molecule has 1 atom stereocenters. The number of aromatic nitrogens is 3. The van der Waals surface area contributed by atoms with Crippen LogP contribution >= 0.6 is 0 Å². The second kappa shape index (κ2) is 4.99. The van der Waals surface area contributed by atoms with Crippen LogP contribution in [0.4, 0.5) is 14.5 Å². The topological polar surface area (TPSA) is 70.7 Å². The zero-order chi connectivity index (χ0) is 14.1. The van der Waals surface area contributed by atoms with Gasteiger partial charge in [-0.1, -0.05) is 6.07 Å². The Labute approximate surface area is 113 Å². The molecule has 0 bridgehead atoms. The molecular formula is C13H12F2N4O. The van der Waals surface area contributed by atoms with Gasteiger partial charge in [0.15, 0.2) is 0 Å². The minimum atomic E-state index is -0.781. The van der Waals surface area contributed by atoms with Gasteiger partial charge in [0.2, 0.25) is 5.91 Å². The highest BCUT2D eigenvalue weighted by Gasteiger charge is 2.28. The van der Waals surface area contributed by atoms with E-state index in [2.05, 4.69) is 20.7 Å². The fraction of sp³-hybridized carbons (Fsp3) is 0.308. The number of carbonyl (C=O) groups excluding carboxylic acids is 1. The molecule has 104 valence electrons. The number of H-pyrrole nitrogens is 1. The van der Waals surface area contributed by atoms with E-state index in [-0.39, 0.29) is 5.92 Å². The predicted molar refractivity (Wildman–Crippen MR) is 66.9 cm³/mol. The van der Waals surface area contributed by atoms with Gasteiger partial charge in [-0.2, -0.15) is 15.4 Å². The number of rotatable bonds is 2. The molecule has 0 aliphatic heterocycles. The van der Waals surface area contributed by atoms with Crippen molar-refractivity contribution in [3.63, 3.8) is 0 Å². The van der Waals surface area contributed by atoms with Crippen LogP contribution in [0.15, 0.2) is 18.2 Å². The molecule has 2 aromatic rings. The molecule has 1 aromatic carbocycles. The molecule has 20 heavy (non-hydrogen) atoms. The highest BCUT2D eigenvalue weighted by atomic mass is 19.1. The van der Waals surface area contributed by atoms with E-state index in [1.807, 2.05) is 0 Å². The van der Waals surface area contributed by atoms with Crippen LogP contribution in [-0.2, 0) is 17.6 Å². The number of nitrogens with one attached hydrogen (secondary N) is 2. The number of anilines is 1. The first kappa shape index (κ1) is 12.7. The monoisotopic (exact) mass is 278 g/mol. The molecule has 5 nitrogen and oxygen atoms in total. The summed E-state index contributed by atoms with van der Waals surface area (Å²) in [5.41, 5.74) is 1.19. The molecule has 0 saturated carbocycles. The maximum atomic E-state index is 13.5. The molecular weight excluding hydrogens is 266 g/mol. The second-order valence-corrected chi connectivity index (χ2v) is 4.74. The van der Waals surface area contributed by atoms with Gasteiger partial charge in [0.1, 0.15) is 17.3 Å². The Hall–Kier alpha value is -2.31. The molecule has 0 spiro atoms. The number of carbonyl (C=O) groups is 1. The Kier molecular flexibility index (Phi) is 3.17. The first-order valence-corrected chi connectivity index (χ1v) is 6.28. The maximum Gasteiger partial charge on any atom is 0.228 e. The third-order valence-corrected chi connectivity index (χ3v) is 3.45. The Morgan fingerprint density at radius 2 is 1.95 bits per heavy atom. The Bertz CT molecular complexity index is 635. The lowest BCUT2D eigenvalue weighted by molar-refractivity contribution is -0.120. The number of fused-ring (bicyclic) bond motifs is 1. The summed E-state index contributed by atoms with van der Waals surface area (Å²) in [7, 11) is 0. The van der Waals surface area contributed by atoms with Crippen molar-refractivity contribution in [1.82, 2.24) is 15.4 Å². The highest BCUT2D eigenvalue weighted by molar-refractivity contribution is 5.93. The Morgan fingerprint density at radius 1 is 1.25 bits per heavy atom. The van der Waals surface area contributed by atoms with Crippen molar-refractivity contribution in [1.29, 1.82) is 0 Å². The van der Waals surface area contributed by atoms with E-state index in [1.54, 1.807) is 0 Å². The number of para-hydroxylation sites is 1. The number of amides is 1. The van der Waals surface area contributed by atoms with Gasteiger partial charge >= 0.3 is 0 Å². The largest absolute Gasteiger partial charge is 0.321 e. The molecule has 0 fully saturated rings. The molecule has 1 aromatic heterocycles. The van der Waals surface area contributed by atoms with Crippen LogP contribution in [0.5, 0.6) is 0 Å². The lowest BCUT2D eigenvalue weighted by Gasteiger charge is -2.19. The number of nitrogens with zero attached hydrogens (tertiary/aromatic N) is 2. The smallest absolute Gasteiger partial charge is 0.228 e. The fourth-order valence-corrected chi connectivity index (χ4v) is 2.35. The minimum Gasteiger partial charge on any atom is -0.321 e. The van der Waals surface area contributed by atoms with Gasteiger partial charge in [-0.25, -0.2) is 8.78 Å². The molecule has 2 N–H and O–H groups in total. The summed E-state index contributed by atoms with van der Waals surface area (Å²) in [6, 6.07) is 3.47. The molecule has 1 aliphatic rings. The van der Waals surface area contributed by atoms with Crippen molar-refractivity contribution < 1.29 is 13.6 Å². The Morgan fingerprint density at radius 3 is 2.70 bits per heavy atom. The van der Waals surface area contributed by atoms with E-state index in [0.717, 1.165) is 23.5 Å². The number of aryl methyl sites for hydroxylation is 1. The van der Waals surface area contributed by atoms with Crippen LogP contribution in [0.3, 0.4) is 0 Å². The lowest BCUT2D eigenvalue weighted by Crippen LogP contribution is -2.29. The zero-order valence-electron chi connectivity index (χ0n) is 10.5. The lowest BCUT2D eigenvalue weighted by atomic mass is 9.89. The molecule has 1 unspecified atom stereocenters. The van der Waals surface area contributed by atoms with Crippen LogP contribution in [-0.4, -0.2) is 21.3 Å². The average molecular weight is 278 g/mol. The number of halogens is 2. The first-order chi connectivity index (χ1) is 9.65. The number of aromatic amines is 1. The van der Waals surface area contributed by atoms with Gasteiger partial charge in [-0.15, -0.1) is 0 Å². The molecule has 7 heteroatoms. The van der Waals surface area contributed by atoms with Gasteiger partial charge in [0.05, 0.1) is 11.4 Å². The summed E-state index contributed by atoms with van der Waals surface area (Å²) in [6.45, 7) is 0. The summed E-state index contributed by atoms with van der Waals surface area (Å²) in [5.74, 6) is -2.32. The van der Waals surface area contributed by atoms with Crippen molar-refractivity contribution in [3.05, 3.63) is 41.2 Å². The summed E-state index contributed by atoms with van der Waals surface area (Å²) in [6.07, 6.45) is 1.64. The predicted octanol–water partition coefficient (Wildman–Crippen LogP) is 1.83. The molecule has 3 rings (SSSR count). The van der Waals surface area contributed by atoms with Crippen LogP contribution in [0, 0.1) is 17.6 Å². The van der Waals surface area contributed by atoms with Crippen molar-refractivity contribution in [2.45, 2.75) is 19.3 Å². The number of hydrogen-bond acceptors (Lipinski definition) is 3. The van der Waals surface area contributed by atoms with E-state index in [4.69, 9.17) is 0 Å². The van der Waals surface area contributed by atoms with Gasteiger partial charge in [0, 0.05) is 12.3 Å². The average Bonchev–Trinajstić information content (AvgIpc) is 2.90. The molecule has 0 saturated heterocycles. The van der Waals surface area contributed by atoms with Crippen LogP contribution in [0.25, 0.3) is 0 Å². The summed E-state index contributed by atoms with van der Waals surface area (Å²) in [4.78, 5) is 12.1. The van der Waals surface area contributed by atoms with Crippen LogP contribution in [0.1, 0.15) is 17.8 Å². The maximum absolute atomic E-state index is 13.5.